The van der Waals surface area contributed by atoms with Crippen molar-refractivity contribution in [2.24, 2.45) is 0 Å². The Morgan fingerprint density at radius 1 is 1.29 bits per heavy atom. The number of benzene rings is 1. The van der Waals surface area contributed by atoms with Crippen molar-refractivity contribution < 1.29 is 9.53 Å². The molecule has 2 aromatic rings. The summed E-state index contributed by atoms with van der Waals surface area (Å²) < 4.78 is 5.24. The highest BCUT2D eigenvalue weighted by Crippen LogP contribution is 2.23. The van der Waals surface area contributed by atoms with Crippen molar-refractivity contribution in [3.63, 3.8) is 0 Å². The number of aromatic nitrogens is 1. The van der Waals surface area contributed by atoms with Crippen molar-refractivity contribution in [2.75, 3.05) is 12.0 Å². The second-order valence-electron chi connectivity index (χ2n) is 4.79. The van der Waals surface area contributed by atoms with Gasteiger partial charge in [-0.3, -0.25) is 9.78 Å². The summed E-state index contributed by atoms with van der Waals surface area (Å²) in [6, 6.07) is 11.4. The zero-order valence-corrected chi connectivity index (χ0v) is 12.5. The summed E-state index contributed by atoms with van der Waals surface area (Å²) in [5.74, 6) is 0.850. The number of ether oxygens (including phenoxy) is 1. The molecule has 0 aliphatic heterocycles. The molecular weight excluding hydrogens is 264 g/mol. The lowest BCUT2D eigenvalue weighted by atomic mass is 10.2. The van der Waals surface area contributed by atoms with Gasteiger partial charge in [0, 0.05) is 30.6 Å². The Bertz CT molecular complexity index is 584. The second kappa shape index (κ2) is 7.43. The van der Waals surface area contributed by atoms with Gasteiger partial charge in [-0.25, -0.2) is 0 Å². The fraction of sp³-hybridized carbons (Fsp3) is 0.294. The van der Waals surface area contributed by atoms with Crippen LogP contribution in [-0.2, 0) is 11.3 Å². The predicted molar refractivity (Wildman–Crippen MR) is 83.3 cm³/mol. The van der Waals surface area contributed by atoms with Crippen LogP contribution in [-0.4, -0.2) is 18.0 Å². The number of rotatable bonds is 6. The Labute approximate surface area is 125 Å². The van der Waals surface area contributed by atoms with Crippen molar-refractivity contribution in [3.05, 3.63) is 54.4 Å². The van der Waals surface area contributed by atoms with E-state index in [0.29, 0.717) is 13.0 Å². The second-order valence-corrected chi connectivity index (χ2v) is 4.79. The lowest BCUT2D eigenvalue weighted by molar-refractivity contribution is -0.118. The summed E-state index contributed by atoms with van der Waals surface area (Å²) in [5.41, 5.74) is 1.85. The Morgan fingerprint density at radius 2 is 2.14 bits per heavy atom. The van der Waals surface area contributed by atoms with Crippen molar-refractivity contribution in [3.8, 4) is 5.75 Å². The predicted octanol–water partition coefficient (Wildman–Crippen LogP) is 3.42. The summed E-state index contributed by atoms with van der Waals surface area (Å²) in [6.07, 6.45) is 4.86. The van der Waals surface area contributed by atoms with Crippen LogP contribution in [0.25, 0.3) is 0 Å². The molecule has 4 heteroatoms. The van der Waals surface area contributed by atoms with Crippen LogP contribution in [0.1, 0.15) is 25.3 Å². The summed E-state index contributed by atoms with van der Waals surface area (Å²) in [7, 11) is 1.62. The number of methoxy groups -OCH3 is 1. The van der Waals surface area contributed by atoms with Gasteiger partial charge in [-0.05, 0) is 30.2 Å². The SMILES string of the molecule is CCCC(=O)N(Cc1cccnc1)c1cccc(OC)c1. The molecule has 0 radical (unpaired) electrons. The largest absolute Gasteiger partial charge is 0.497 e. The zero-order valence-electron chi connectivity index (χ0n) is 12.5. The van der Waals surface area contributed by atoms with E-state index < -0.39 is 0 Å². The topological polar surface area (TPSA) is 42.4 Å². The molecule has 0 aliphatic carbocycles. The number of carbonyl (C=O) groups excluding carboxylic acids is 1. The average molecular weight is 284 g/mol. The third kappa shape index (κ3) is 4.05. The van der Waals surface area contributed by atoms with Crippen LogP contribution in [0.4, 0.5) is 5.69 Å². The number of nitrogens with zero attached hydrogens (tertiary/aromatic N) is 2. The molecule has 21 heavy (non-hydrogen) atoms. The molecule has 0 unspecified atom stereocenters. The first-order chi connectivity index (χ1) is 10.2. The molecule has 0 fully saturated rings. The van der Waals surface area contributed by atoms with E-state index in [1.165, 1.54) is 0 Å². The Morgan fingerprint density at radius 3 is 2.81 bits per heavy atom. The number of hydrogen-bond acceptors (Lipinski definition) is 3. The quantitative estimate of drug-likeness (QED) is 0.816. The molecule has 110 valence electrons. The molecule has 2 rings (SSSR count). The van der Waals surface area contributed by atoms with E-state index in [9.17, 15) is 4.79 Å². The van der Waals surface area contributed by atoms with Gasteiger partial charge in [-0.1, -0.05) is 19.1 Å². The monoisotopic (exact) mass is 284 g/mol. The molecule has 1 amide bonds. The molecule has 0 N–H and O–H groups in total. The summed E-state index contributed by atoms with van der Waals surface area (Å²) in [5, 5.41) is 0. The smallest absolute Gasteiger partial charge is 0.227 e. The average Bonchev–Trinajstić information content (AvgIpc) is 2.54. The van der Waals surface area contributed by atoms with Gasteiger partial charge >= 0.3 is 0 Å². The van der Waals surface area contributed by atoms with Crippen LogP contribution in [0, 0.1) is 0 Å². The van der Waals surface area contributed by atoms with E-state index in [4.69, 9.17) is 4.74 Å². The first kappa shape index (κ1) is 15.0. The first-order valence-corrected chi connectivity index (χ1v) is 7.08. The van der Waals surface area contributed by atoms with Crippen LogP contribution in [0.3, 0.4) is 0 Å². The maximum atomic E-state index is 12.4. The van der Waals surface area contributed by atoms with Crippen LogP contribution in [0.5, 0.6) is 5.75 Å². The van der Waals surface area contributed by atoms with Gasteiger partial charge in [0.05, 0.1) is 13.7 Å². The minimum Gasteiger partial charge on any atom is -0.497 e. The van der Waals surface area contributed by atoms with E-state index in [1.807, 2.05) is 43.3 Å². The lowest BCUT2D eigenvalue weighted by Gasteiger charge is -2.23. The maximum Gasteiger partial charge on any atom is 0.227 e. The number of hydrogen-bond donors (Lipinski definition) is 0. The highest BCUT2D eigenvalue weighted by atomic mass is 16.5. The third-order valence-corrected chi connectivity index (χ3v) is 3.19. The maximum absolute atomic E-state index is 12.4. The standard InChI is InChI=1S/C17H20N2O2/c1-3-6-17(20)19(13-14-7-5-10-18-12-14)15-8-4-9-16(11-15)21-2/h4-5,7-12H,3,6,13H2,1-2H3. The van der Waals surface area contributed by atoms with E-state index in [2.05, 4.69) is 4.98 Å². The van der Waals surface area contributed by atoms with Crippen LogP contribution in [0.2, 0.25) is 0 Å². The van der Waals surface area contributed by atoms with E-state index >= 15 is 0 Å². The molecular formula is C17H20N2O2. The fourth-order valence-corrected chi connectivity index (χ4v) is 2.12. The van der Waals surface area contributed by atoms with Crippen molar-refractivity contribution in [2.45, 2.75) is 26.3 Å². The van der Waals surface area contributed by atoms with Gasteiger partial charge in [0.25, 0.3) is 0 Å². The Hall–Kier alpha value is -2.36. The van der Waals surface area contributed by atoms with Crippen LogP contribution >= 0.6 is 0 Å². The van der Waals surface area contributed by atoms with Gasteiger partial charge < -0.3 is 9.64 Å². The highest BCUT2D eigenvalue weighted by molar-refractivity contribution is 5.93. The van der Waals surface area contributed by atoms with Gasteiger partial charge in [0.2, 0.25) is 5.91 Å². The van der Waals surface area contributed by atoms with Gasteiger partial charge in [-0.2, -0.15) is 0 Å². The van der Waals surface area contributed by atoms with Gasteiger partial charge in [0.15, 0.2) is 0 Å². The summed E-state index contributed by atoms with van der Waals surface area (Å²) >= 11 is 0. The molecule has 0 spiro atoms. The number of pyridine rings is 1. The Kier molecular flexibility index (Phi) is 5.32. The number of amides is 1. The molecule has 0 bridgehead atoms. The highest BCUT2D eigenvalue weighted by Gasteiger charge is 2.16. The first-order valence-electron chi connectivity index (χ1n) is 7.08. The van der Waals surface area contributed by atoms with Crippen LogP contribution in [0.15, 0.2) is 48.8 Å². The molecule has 0 saturated carbocycles. The van der Waals surface area contributed by atoms with E-state index in [1.54, 1.807) is 24.4 Å². The zero-order chi connectivity index (χ0) is 15.1. The molecule has 0 aliphatic rings. The molecule has 1 aromatic heterocycles. The minimum atomic E-state index is 0.106. The van der Waals surface area contributed by atoms with Crippen molar-refractivity contribution in [1.29, 1.82) is 0 Å². The van der Waals surface area contributed by atoms with Gasteiger partial charge in [0.1, 0.15) is 5.75 Å². The van der Waals surface area contributed by atoms with Crippen LogP contribution < -0.4 is 9.64 Å². The summed E-state index contributed by atoms with van der Waals surface area (Å²) in [4.78, 5) is 18.3. The molecule has 0 saturated heterocycles. The summed E-state index contributed by atoms with van der Waals surface area (Å²) in [6.45, 7) is 2.52. The van der Waals surface area contributed by atoms with Crippen molar-refractivity contribution >= 4 is 11.6 Å². The molecule has 0 atom stereocenters. The Balaban J connectivity index is 2.28. The minimum absolute atomic E-state index is 0.106. The number of carbonyl (C=O) groups is 1. The van der Waals surface area contributed by atoms with Gasteiger partial charge in [-0.15, -0.1) is 0 Å². The lowest BCUT2D eigenvalue weighted by Crippen LogP contribution is -2.30. The third-order valence-electron chi connectivity index (χ3n) is 3.19. The molecule has 1 heterocycles. The fourth-order valence-electron chi connectivity index (χ4n) is 2.12. The number of anilines is 1. The normalized spacial score (nSPS) is 10.2. The molecule has 1 aromatic carbocycles. The van der Waals surface area contributed by atoms with E-state index in [0.717, 1.165) is 23.4 Å². The van der Waals surface area contributed by atoms with E-state index in [-0.39, 0.29) is 5.91 Å². The molecule has 4 nitrogen and oxygen atoms in total. The van der Waals surface area contributed by atoms with Crippen molar-refractivity contribution in [1.82, 2.24) is 4.98 Å².